The normalized spacial score (nSPS) is 11.4. The average molecular weight is 340 g/mol. The highest BCUT2D eigenvalue weighted by Crippen LogP contribution is 2.36. The molecule has 0 atom stereocenters. The summed E-state index contributed by atoms with van der Waals surface area (Å²) in [4.78, 5) is 10.3. The van der Waals surface area contributed by atoms with Gasteiger partial charge in [0, 0.05) is 23.1 Å². The summed E-state index contributed by atoms with van der Waals surface area (Å²) in [7, 11) is 0. The molecule has 1 aromatic carbocycles. The third-order valence-electron chi connectivity index (χ3n) is 2.42. The fourth-order valence-electron chi connectivity index (χ4n) is 1.53. The van der Waals surface area contributed by atoms with Crippen molar-refractivity contribution in [3.63, 3.8) is 0 Å². The number of nitrogens with one attached hydrogen (secondary N) is 1. The number of hydrogen-bond acceptors (Lipinski definition) is 2. The molecule has 1 rings (SSSR count). The second kappa shape index (κ2) is 6.79. The Bertz CT molecular complexity index is 449. The van der Waals surface area contributed by atoms with Crippen LogP contribution < -0.4 is 5.32 Å². The number of aliphatic carboxylic acids is 1. The van der Waals surface area contributed by atoms with Crippen LogP contribution in [0, 0.1) is 0 Å². The topological polar surface area (TPSA) is 49.3 Å². The van der Waals surface area contributed by atoms with E-state index in [1.54, 1.807) is 0 Å². The SMILES string of the molecule is O=C(O)CCCCNc1cc(Br)ccc1C(F)(F)F. The Labute approximate surface area is 116 Å². The van der Waals surface area contributed by atoms with Crippen molar-refractivity contribution >= 4 is 27.6 Å². The second-order valence-corrected chi connectivity index (χ2v) is 4.88. The molecular formula is C12H13BrF3NO2. The van der Waals surface area contributed by atoms with Crippen molar-refractivity contribution in [3.05, 3.63) is 28.2 Å². The summed E-state index contributed by atoms with van der Waals surface area (Å²) in [5.41, 5.74) is -0.730. The van der Waals surface area contributed by atoms with Gasteiger partial charge in [-0.05, 0) is 31.0 Å². The van der Waals surface area contributed by atoms with Gasteiger partial charge in [-0.15, -0.1) is 0 Å². The van der Waals surface area contributed by atoms with E-state index in [0.717, 1.165) is 6.07 Å². The van der Waals surface area contributed by atoms with Gasteiger partial charge in [0.25, 0.3) is 0 Å². The third-order valence-corrected chi connectivity index (χ3v) is 2.91. The van der Waals surface area contributed by atoms with Gasteiger partial charge < -0.3 is 10.4 Å². The fourth-order valence-corrected chi connectivity index (χ4v) is 1.90. The van der Waals surface area contributed by atoms with E-state index in [2.05, 4.69) is 21.2 Å². The van der Waals surface area contributed by atoms with Gasteiger partial charge in [-0.1, -0.05) is 15.9 Å². The summed E-state index contributed by atoms with van der Waals surface area (Å²) in [5, 5.41) is 11.1. The Kier molecular flexibility index (Phi) is 5.65. The number of carboxylic acids is 1. The zero-order chi connectivity index (χ0) is 14.5. The first-order valence-corrected chi connectivity index (χ1v) is 6.42. The van der Waals surface area contributed by atoms with Crippen LogP contribution in [0.4, 0.5) is 18.9 Å². The Morgan fingerprint density at radius 1 is 1.32 bits per heavy atom. The van der Waals surface area contributed by atoms with Gasteiger partial charge in [0.2, 0.25) is 0 Å². The highest BCUT2D eigenvalue weighted by molar-refractivity contribution is 9.10. The first kappa shape index (κ1) is 15.8. The van der Waals surface area contributed by atoms with Crippen molar-refractivity contribution in [1.82, 2.24) is 0 Å². The highest BCUT2D eigenvalue weighted by Gasteiger charge is 2.33. The first-order chi connectivity index (χ1) is 8.80. The molecule has 0 aromatic heterocycles. The molecule has 0 fully saturated rings. The number of anilines is 1. The van der Waals surface area contributed by atoms with Gasteiger partial charge >= 0.3 is 12.1 Å². The average Bonchev–Trinajstić information content (AvgIpc) is 2.26. The number of unbranched alkanes of at least 4 members (excludes halogenated alkanes) is 1. The number of carbonyl (C=O) groups is 1. The van der Waals surface area contributed by atoms with Crippen molar-refractivity contribution in [2.45, 2.75) is 25.4 Å². The van der Waals surface area contributed by atoms with Crippen molar-refractivity contribution in [3.8, 4) is 0 Å². The maximum absolute atomic E-state index is 12.7. The van der Waals surface area contributed by atoms with E-state index >= 15 is 0 Å². The van der Waals surface area contributed by atoms with Gasteiger partial charge in [-0.2, -0.15) is 13.2 Å². The summed E-state index contributed by atoms with van der Waals surface area (Å²) in [5.74, 6) is -0.904. The van der Waals surface area contributed by atoms with Gasteiger partial charge in [0.1, 0.15) is 0 Å². The van der Waals surface area contributed by atoms with Crippen LogP contribution in [0.25, 0.3) is 0 Å². The zero-order valence-corrected chi connectivity index (χ0v) is 11.5. The lowest BCUT2D eigenvalue weighted by atomic mass is 10.1. The molecule has 0 bridgehead atoms. The molecule has 0 spiro atoms. The summed E-state index contributed by atoms with van der Waals surface area (Å²) in [6, 6.07) is 3.70. The maximum Gasteiger partial charge on any atom is 0.418 e. The van der Waals surface area contributed by atoms with Crippen LogP contribution in [-0.4, -0.2) is 17.6 Å². The van der Waals surface area contributed by atoms with E-state index in [1.807, 2.05) is 0 Å². The minimum absolute atomic E-state index is 0.00259. The van der Waals surface area contributed by atoms with Crippen LogP contribution in [0.2, 0.25) is 0 Å². The van der Waals surface area contributed by atoms with Crippen molar-refractivity contribution in [1.29, 1.82) is 0 Å². The lowest BCUT2D eigenvalue weighted by Gasteiger charge is -2.14. The maximum atomic E-state index is 12.7. The van der Waals surface area contributed by atoms with E-state index in [9.17, 15) is 18.0 Å². The fraction of sp³-hybridized carbons (Fsp3) is 0.417. The minimum atomic E-state index is -4.41. The summed E-state index contributed by atoms with van der Waals surface area (Å²) >= 11 is 3.12. The van der Waals surface area contributed by atoms with E-state index in [-0.39, 0.29) is 12.1 Å². The predicted molar refractivity (Wildman–Crippen MR) is 69.1 cm³/mol. The standard InChI is InChI=1S/C12H13BrF3NO2/c13-8-4-5-9(12(14,15)16)10(7-8)17-6-2-1-3-11(18)19/h4-5,7,17H,1-3,6H2,(H,18,19). The Hall–Kier alpha value is -1.24. The molecule has 0 amide bonds. The number of halogens is 4. The minimum Gasteiger partial charge on any atom is -0.481 e. The Morgan fingerprint density at radius 3 is 2.58 bits per heavy atom. The van der Waals surface area contributed by atoms with Crippen LogP contribution in [0.1, 0.15) is 24.8 Å². The Balaban J connectivity index is 2.61. The number of rotatable bonds is 6. The number of hydrogen-bond donors (Lipinski definition) is 2. The molecule has 0 aliphatic rings. The highest BCUT2D eigenvalue weighted by atomic mass is 79.9. The number of benzene rings is 1. The van der Waals surface area contributed by atoms with Crippen molar-refractivity contribution in [2.24, 2.45) is 0 Å². The summed E-state index contributed by atoms with van der Waals surface area (Å²) in [6.07, 6.45) is -3.47. The first-order valence-electron chi connectivity index (χ1n) is 5.63. The Morgan fingerprint density at radius 2 is 2.00 bits per heavy atom. The van der Waals surface area contributed by atoms with Crippen molar-refractivity contribution in [2.75, 3.05) is 11.9 Å². The second-order valence-electron chi connectivity index (χ2n) is 3.97. The van der Waals surface area contributed by atoms with Gasteiger partial charge in [-0.3, -0.25) is 4.79 Å². The van der Waals surface area contributed by atoms with Crippen LogP contribution >= 0.6 is 15.9 Å². The molecule has 0 saturated heterocycles. The third kappa shape index (κ3) is 5.50. The lowest BCUT2D eigenvalue weighted by molar-refractivity contribution is -0.137. The zero-order valence-electron chi connectivity index (χ0n) is 9.93. The van der Waals surface area contributed by atoms with E-state index < -0.39 is 17.7 Å². The predicted octanol–water partition coefficient (Wildman–Crippen LogP) is 4.13. The largest absolute Gasteiger partial charge is 0.481 e. The number of alkyl halides is 3. The van der Waals surface area contributed by atoms with Gasteiger partial charge in [0.05, 0.1) is 5.56 Å². The molecule has 0 aliphatic carbocycles. The molecular weight excluding hydrogens is 327 g/mol. The molecule has 3 nitrogen and oxygen atoms in total. The molecule has 0 heterocycles. The molecule has 0 radical (unpaired) electrons. The molecule has 1 aromatic rings. The van der Waals surface area contributed by atoms with Crippen LogP contribution in [0.3, 0.4) is 0 Å². The molecule has 0 unspecified atom stereocenters. The lowest BCUT2D eigenvalue weighted by Crippen LogP contribution is -2.12. The molecule has 0 aliphatic heterocycles. The van der Waals surface area contributed by atoms with Crippen LogP contribution in [-0.2, 0) is 11.0 Å². The quantitative estimate of drug-likeness (QED) is 0.766. The van der Waals surface area contributed by atoms with Crippen LogP contribution in [0.5, 0.6) is 0 Å². The van der Waals surface area contributed by atoms with E-state index in [1.165, 1.54) is 12.1 Å². The van der Waals surface area contributed by atoms with E-state index in [4.69, 9.17) is 5.11 Å². The molecule has 0 saturated carbocycles. The van der Waals surface area contributed by atoms with E-state index in [0.29, 0.717) is 23.9 Å². The summed E-state index contributed by atoms with van der Waals surface area (Å²) < 4.78 is 38.7. The smallest absolute Gasteiger partial charge is 0.418 e. The van der Waals surface area contributed by atoms with Gasteiger partial charge in [-0.25, -0.2) is 0 Å². The monoisotopic (exact) mass is 339 g/mol. The number of carboxylic acid groups (broad SMARTS) is 1. The van der Waals surface area contributed by atoms with Crippen LogP contribution in [0.15, 0.2) is 22.7 Å². The van der Waals surface area contributed by atoms with Gasteiger partial charge in [0.15, 0.2) is 0 Å². The molecule has 2 N–H and O–H groups in total. The summed E-state index contributed by atoms with van der Waals surface area (Å²) in [6.45, 7) is 0.298. The van der Waals surface area contributed by atoms with Crippen molar-refractivity contribution < 1.29 is 23.1 Å². The molecule has 19 heavy (non-hydrogen) atoms. The molecule has 7 heteroatoms. The molecule has 106 valence electrons.